The van der Waals surface area contributed by atoms with Crippen LogP contribution in [0, 0.1) is 0 Å². The molecule has 1 aliphatic rings. The van der Waals surface area contributed by atoms with Crippen molar-refractivity contribution in [1.29, 1.82) is 0 Å². The molecular weight excluding hydrogens is 188 g/mol. The Morgan fingerprint density at radius 3 is 2.87 bits per heavy atom. The lowest BCUT2D eigenvalue weighted by molar-refractivity contribution is -0.114. The number of primary amides is 1. The zero-order valence-electron chi connectivity index (χ0n) is 8.05. The number of carbonyl (C=O) groups excluding carboxylic acids is 1. The predicted molar refractivity (Wildman–Crippen MR) is 60.9 cm³/mol. The summed E-state index contributed by atoms with van der Waals surface area (Å²) in [5.41, 5.74) is 7.45. The van der Waals surface area contributed by atoms with Crippen LogP contribution in [0.15, 0.2) is 47.0 Å². The highest BCUT2D eigenvalue weighted by atomic mass is 16.1. The predicted octanol–water partition coefficient (Wildman–Crippen LogP) is 1.83. The van der Waals surface area contributed by atoms with Gasteiger partial charge in [0.05, 0.1) is 5.69 Å². The number of nitrogens with zero attached hydrogens (tertiary/aromatic N) is 1. The van der Waals surface area contributed by atoms with Gasteiger partial charge < -0.3 is 5.73 Å². The van der Waals surface area contributed by atoms with E-state index < -0.39 is 5.91 Å². The molecule has 3 nitrogen and oxygen atoms in total. The number of benzene rings is 1. The lowest BCUT2D eigenvalue weighted by atomic mass is 10.1. The van der Waals surface area contributed by atoms with Gasteiger partial charge in [-0.05, 0) is 24.3 Å². The Labute approximate surface area is 87.6 Å². The van der Waals surface area contributed by atoms with Crippen LogP contribution >= 0.6 is 0 Å². The molecule has 0 spiro atoms. The third-order valence-corrected chi connectivity index (χ3v) is 2.11. The summed E-state index contributed by atoms with van der Waals surface area (Å²) in [7, 11) is 0. The van der Waals surface area contributed by atoms with Gasteiger partial charge in [0.15, 0.2) is 0 Å². The van der Waals surface area contributed by atoms with Crippen LogP contribution in [0.2, 0.25) is 0 Å². The second kappa shape index (κ2) is 3.92. The van der Waals surface area contributed by atoms with Gasteiger partial charge in [-0.1, -0.05) is 18.2 Å². The van der Waals surface area contributed by atoms with Crippen LogP contribution in [0.5, 0.6) is 0 Å². The van der Waals surface area contributed by atoms with Crippen LogP contribution in [-0.4, -0.2) is 12.1 Å². The summed E-state index contributed by atoms with van der Waals surface area (Å²) in [4.78, 5) is 15.3. The first-order valence-corrected chi connectivity index (χ1v) is 4.58. The number of aliphatic imine (C=N–C) groups is 1. The average Bonchev–Trinajstić information content (AvgIpc) is 2.18. The summed E-state index contributed by atoms with van der Waals surface area (Å²) in [5.74, 6) is -0.434. The molecule has 15 heavy (non-hydrogen) atoms. The van der Waals surface area contributed by atoms with E-state index in [9.17, 15) is 4.79 Å². The summed E-state index contributed by atoms with van der Waals surface area (Å²) in [5, 5.41) is 0. The van der Waals surface area contributed by atoms with E-state index in [0.29, 0.717) is 5.57 Å². The molecule has 1 aliphatic heterocycles. The molecule has 1 amide bonds. The largest absolute Gasteiger partial charge is 0.366 e. The van der Waals surface area contributed by atoms with E-state index in [0.717, 1.165) is 11.3 Å². The van der Waals surface area contributed by atoms with Gasteiger partial charge in [0.1, 0.15) is 0 Å². The molecule has 0 unspecified atom stereocenters. The number of amides is 1. The zero-order valence-corrected chi connectivity index (χ0v) is 8.05. The number of rotatable bonds is 1. The third-order valence-electron chi connectivity index (χ3n) is 2.11. The van der Waals surface area contributed by atoms with E-state index in [4.69, 9.17) is 5.73 Å². The maximum atomic E-state index is 11.1. The number of hydrogen-bond acceptors (Lipinski definition) is 2. The van der Waals surface area contributed by atoms with Crippen molar-refractivity contribution in [2.24, 2.45) is 10.7 Å². The third kappa shape index (κ3) is 2.02. The van der Waals surface area contributed by atoms with Gasteiger partial charge >= 0.3 is 0 Å². The Morgan fingerprint density at radius 2 is 2.07 bits per heavy atom. The molecule has 0 bridgehead atoms. The van der Waals surface area contributed by atoms with Crippen LogP contribution in [0.3, 0.4) is 0 Å². The van der Waals surface area contributed by atoms with E-state index in [1.54, 1.807) is 24.4 Å². The Bertz CT molecular complexity index is 484. The Morgan fingerprint density at radius 1 is 1.27 bits per heavy atom. The summed E-state index contributed by atoms with van der Waals surface area (Å²) in [6.45, 7) is 0. The second-order valence-corrected chi connectivity index (χ2v) is 3.16. The first kappa shape index (κ1) is 9.40. The molecular formula is C12H10N2O. The Kier molecular flexibility index (Phi) is 2.46. The summed E-state index contributed by atoms with van der Waals surface area (Å²) >= 11 is 0. The maximum Gasteiger partial charge on any atom is 0.248 e. The number of allylic oxidation sites excluding steroid dienone is 1. The Balaban J connectivity index is 2.56. The molecule has 2 rings (SSSR count). The smallest absolute Gasteiger partial charge is 0.248 e. The van der Waals surface area contributed by atoms with Crippen molar-refractivity contribution >= 4 is 23.9 Å². The second-order valence-electron chi connectivity index (χ2n) is 3.16. The van der Waals surface area contributed by atoms with E-state index in [1.807, 2.05) is 24.3 Å². The van der Waals surface area contributed by atoms with Crippen molar-refractivity contribution in [2.45, 2.75) is 0 Å². The van der Waals surface area contributed by atoms with Crippen molar-refractivity contribution < 1.29 is 4.79 Å². The summed E-state index contributed by atoms with van der Waals surface area (Å²) in [6, 6.07) is 7.59. The molecule has 0 saturated heterocycles. The topological polar surface area (TPSA) is 55.5 Å². The number of hydrogen-bond donors (Lipinski definition) is 1. The van der Waals surface area contributed by atoms with E-state index in [2.05, 4.69) is 4.99 Å². The molecule has 1 aromatic rings. The standard InChI is InChI=1S/C12H10N2O/c13-12(15)10-5-3-7-14-11-6-2-1-4-9(11)8-10/h1-8H,(H2,13,15)/b5-3-,7-3?,9-8?,10-5?,10-8+,14-7+,14-11?. The molecule has 0 aliphatic carbocycles. The van der Waals surface area contributed by atoms with Crippen molar-refractivity contribution in [3.8, 4) is 0 Å². The zero-order chi connectivity index (χ0) is 10.7. The monoisotopic (exact) mass is 198 g/mol. The van der Waals surface area contributed by atoms with Crippen LogP contribution in [0.25, 0.3) is 6.08 Å². The van der Waals surface area contributed by atoms with Crippen molar-refractivity contribution in [2.75, 3.05) is 0 Å². The van der Waals surface area contributed by atoms with Gasteiger partial charge in [0, 0.05) is 17.4 Å². The number of carbonyl (C=O) groups is 1. The molecule has 0 saturated carbocycles. The Hall–Kier alpha value is -2.16. The molecule has 1 aromatic carbocycles. The first-order valence-electron chi connectivity index (χ1n) is 4.58. The number of nitrogens with two attached hydrogens (primary N) is 1. The van der Waals surface area contributed by atoms with Crippen LogP contribution in [0.4, 0.5) is 5.69 Å². The molecule has 0 aromatic heterocycles. The van der Waals surface area contributed by atoms with Crippen molar-refractivity contribution in [3.05, 3.63) is 47.6 Å². The highest BCUT2D eigenvalue weighted by Gasteiger charge is 2.04. The molecule has 0 radical (unpaired) electrons. The molecule has 0 fully saturated rings. The number of para-hydroxylation sites is 1. The van der Waals surface area contributed by atoms with Crippen LogP contribution in [0.1, 0.15) is 5.56 Å². The first-order chi connectivity index (χ1) is 7.27. The van der Waals surface area contributed by atoms with Crippen LogP contribution in [-0.2, 0) is 4.79 Å². The van der Waals surface area contributed by atoms with E-state index in [-0.39, 0.29) is 0 Å². The highest BCUT2D eigenvalue weighted by Crippen LogP contribution is 2.22. The fourth-order valence-electron chi connectivity index (χ4n) is 1.37. The fourth-order valence-corrected chi connectivity index (χ4v) is 1.37. The number of fused-ring (bicyclic) bond motifs is 1. The highest BCUT2D eigenvalue weighted by molar-refractivity contribution is 6.01. The molecule has 3 heteroatoms. The normalized spacial score (nSPS) is 21.5. The summed E-state index contributed by atoms with van der Waals surface area (Å²) in [6.07, 6.45) is 6.74. The summed E-state index contributed by atoms with van der Waals surface area (Å²) < 4.78 is 0. The average molecular weight is 198 g/mol. The van der Waals surface area contributed by atoms with Crippen molar-refractivity contribution in [1.82, 2.24) is 0 Å². The molecule has 0 atom stereocenters. The van der Waals surface area contributed by atoms with Crippen LogP contribution < -0.4 is 5.73 Å². The van der Waals surface area contributed by atoms with Gasteiger partial charge in [0.25, 0.3) is 0 Å². The van der Waals surface area contributed by atoms with E-state index in [1.165, 1.54) is 0 Å². The SMILES string of the molecule is NC(=O)C1=C/c2ccccc2/N=C/C=C\1. The molecule has 74 valence electrons. The van der Waals surface area contributed by atoms with E-state index >= 15 is 0 Å². The molecule has 1 heterocycles. The van der Waals surface area contributed by atoms with Gasteiger partial charge in [-0.3, -0.25) is 9.79 Å². The minimum Gasteiger partial charge on any atom is -0.366 e. The van der Waals surface area contributed by atoms with Gasteiger partial charge in [-0.15, -0.1) is 0 Å². The van der Waals surface area contributed by atoms with Gasteiger partial charge in [-0.25, -0.2) is 0 Å². The van der Waals surface area contributed by atoms with Gasteiger partial charge in [0.2, 0.25) is 5.91 Å². The van der Waals surface area contributed by atoms with Crippen molar-refractivity contribution in [3.63, 3.8) is 0 Å². The van der Waals surface area contributed by atoms with Gasteiger partial charge in [-0.2, -0.15) is 0 Å². The minimum atomic E-state index is -0.434. The lowest BCUT2D eigenvalue weighted by Gasteiger charge is -2.03. The lowest BCUT2D eigenvalue weighted by Crippen LogP contribution is -2.12. The quantitative estimate of drug-likeness (QED) is 0.735. The minimum absolute atomic E-state index is 0.434. The molecule has 2 N–H and O–H groups in total. The maximum absolute atomic E-state index is 11.1. The fraction of sp³-hybridized carbons (Fsp3) is 0.